The van der Waals surface area contributed by atoms with E-state index in [0.29, 0.717) is 12.1 Å². The van der Waals surface area contributed by atoms with E-state index in [4.69, 9.17) is 5.11 Å². The van der Waals surface area contributed by atoms with Gasteiger partial charge in [-0.15, -0.1) is 0 Å². The summed E-state index contributed by atoms with van der Waals surface area (Å²) in [6, 6.07) is 5.89. The number of hydrogen-bond donors (Lipinski definition) is 2. The van der Waals surface area contributed by atoms with Gasteiger partial charge in [0, 0.05) is 13.0 Å². The second-order valence-corrected chi connectivity index (χ2v) is 4.72. The number of nitrogens with one attached hydrogen (secondary N) is 1. The maximum Gasteiger partial charge on any atom is 0.303 e. The van der Waals surface area contributed by atoms with Crippen molar-refractivity contribution in [3.63, 3.8) is 0 Å². The molecule has 2 atom stereocenters. The highest BCUT2D eigenvalue weighted by Crippen LogP contribution is 2.16. The van der Waals surface area contributed by atoms with Crippen LogP contribution in [-0.2, 0) is 9.59 Å². The predicted molar refractivity (Wildman–Crippen MR) is 69.2 cm³/mol. The zero-order valence-corrected chi connectivity index (χ0v) is 11.0. The zero-order valence-electron chi connectivity index (χ0n) is 11.0. The summed E-state index contributed by atoms with van der Waals surface area (Å²) in [5.41, 5.74) is 0.600. The van der Waals surface area contributed by atoms with Gasteiger partial charge in [0.15, 0.2) is 0 Å². The molecule has 0 aliphatic rings. The molecule has 104 valence electrons. The number of halogens is 1. The van der Waals surface area contributed by atoms with Crippen molar-refractivity contribution < 1.29 is 19.1 Å². The molecule has 5 heteroatoms. The third-order valence-corrected chi connectivity index (χ3v) is 2.89. The van der Waals surface area contributed by atoms with Gasteiger partial charge in [-0.25, -0.2) is 4.39 Å². The minimum atomic E-state index is -0.889. The van der Waals surface area contributed by atoms with Crippen molar-refractivity contribution in [2.24, 2.45) is 5.92 Å². The van der Waals surface area contributed by atoms with E-state index in [1.165, 1.54) is 12.1 Å². The molecule has 0 radical (unpaired) electrons. The Morgan fingerprint density at radius 1 is 1.37 bits per heavy atom. The van der Waals surface area contributed by atoms with E-state index in [2.05, 4.69) is 5.32 Å². The van der Waals surface area contributed by atoms with Crippen LogP contribution in [0.25, 0.3) is 0 Å². The predicted octanol–water partition coefficient (Wildman–Crippen LogP) is 2.16. The van der Waals surface area contributed by atoms with Crippen LogP contribution in [0, 0.1) is 11.7 Å². The Labute approximate surface area is 111 Å². The summed E-state index contributed by atoms with van der Waals surface area (Å²) in [5, 5.41) is 11.3. The molecule has 0 spiro atoms. The van der Waals surface area contributed by atoms with Gasteiger partial charge in [0.1, 0.15) is 5.82 Å². The van der Waals surface area contributed by atoms with Crippen LogP contribution in [0.4, 0.5) is 4.39 Å². The quantitative estimate of drug-likeness (QED) is 0.830. The van der Waals surface area contributed by atoms with Crippen molar-refractivity contribution in [3.8, 4) is 0 Å². The summed E-state index contributed by atoms with van der Waals surface area (Å²) in [5.74, 6) is -2.10. The minimum Gasteiger partial charge on any atom is -0.481 e. The highest BCUT2D eigenvalue weighted by Gasteiger charge is 2.16. The van der Waals surface area contributed by atoms with E-state index in [0.717, 1.165) is 0 Å². The summed E-state index contributed by atoms with van der Waals surface area (Å²) in [4.78, 5) is 22.4. The zero-order chi connectivity index (χ0) is 14.4. The molecule has 0 aliphatic heterocycles. The molecule has 0 saturated heterocycles. The molecule has 4 nitrogen and oxygen atoms in total. The first-order valence-electron chi connectivity index (χ1n) is 6.15. The Morgan fingerprint density at radius 3 is 2.63 bits per heavy atom. The second kappa shape index (κ2) is 6.87. The van der Waals surface area contributed by atoms with Crippen molar-refractivity contribution in [2.75, 3.05) is 6.54 Å². The minimum absolute atomic E-state index is 0.00856. The summed E-state index contributed by atoms with van der Waals surface area (Å²) in [7, 11) is 0. The number of carbonyl (C=O) groups excluding carboxylic acids is 1. The number of aliphatic carboxylic acids is 1. The maximum absolute atomic E-state index is 13.1. The van der Waals surface area contributed by atoms with Crippen LogP contribution in [0.1, 0.15) is 31.7 Å². The lowest BCUT2D eigenvalue weighted by Crippen LogP contribution is -2.32. The molecule has 1 amide bonds. The van der Waals surface area contributed by atoms with Crippen LogP contribution >= 0.6 is 0 Å². The number of carboxylic acid groups (broad SMARTS) is 1. The Balaban J connectivity index is 2.51. The summed E-state index contributed by atoms with van der Waals surface area (Å²) >= 11 is 0. The van der Waals surface area contributed by atoms with Gasteiger partial charge in [0.25, 0.3) is 0 Å². The lowest BCUT2D eigenvalue weighted by molar-refractivity contribution is -0.138. The van der Waals surface area contributed by atoms with Crippen LogP contribution in [0.2, 0.25) is 0 Å². The number of carbonyl (C=O) groups is 2. The van der Waals surface area contributed by atoms with Crippen molar-refractivity contribution in [1.82, 2.24) is 5.32 Å². The molecule has 2 N–H and O–H groups in total. The average Bonchev–Trinajstić information content (AvgIpc) is 2.34. The smallest absolute Gasteiger partial charge is 0.303 e. The van der Waals surface area contributed by atoms with Crippen molar-refractivity contribution in [2.45, 2.75) is 26.2 Å². The fourth-order valence-electron chi connectivity index (χ4n) is 1.73. The van der Waals surface area contributed by atoms with E-state index >= 15 is 0 Å². The highest BCUT2D eigenvalue weighted by molar-refractivity contribution is 5.83. The number of benzene rings is 1. The molecule has 0 fully saturated rings. The van der Waals surface area contributed by atoms with Crippen LogP contribution in [0.5, 0.6) is 0 Å². The Hall–Kier alpha value is -1.91. The standard InChI is InChI=1S/C14H18FNO3/c1-9(6-13(17)18)8-16-14(19)10(2)11-4-3-5-12(15)7-11/h3-5,7,9-10H,6,8H2,1-2H3,(H,16,19)(H,17,18). The van der Waals surface area contributed by atoms with Crippen LogP contribution in [-0.4, -0.2) is 23.5 Å². The second-order valence-electron chi connectivity index (χ2n) is 4.72. The van der Waals surface area contributed by atoms with Gasteiger partial charge < -0.3 is 10.4 Å². The van der Waals surface area contributed by atoms with Gasteiger partial charge >= 0.3 is 5.97 Å². The van der Waals surface area contributed by atoms with E-state index in [1.807, 2.05) is 0 Å². The van der Waals surface area contributed by atoms with Gasteiger partial charge in [-0.05, 0) is 30.5 Å². The van der Waals surface area contributed by atoms with E-state index in [1.54, 1.807) is 26.0 Å². The first-order valence-corrected chi connectivity index (χ1v) is 6.15. The van der Waals surface area contributed by atoms with Crippen molar-refractivity contribution in [1.29, 1.82) is 0 Å². The normalized spacial score (nSPS) is 13.6. The first-order chi connectivity index (χ1) is 8.90. The molecular weight excluding hydrogens is 249 g/mol. The summed E-state index contributed by atoms with van der Waals surface area (Å²) in [6.07, 6.45) is 0.00856. The number of amides is 1. The molecule has 19 heavy (non-hydrogen) atoms. The maximum atomic E-state index is 13.1. The van der Waals surface area contributed by atoms with Crippen LogP contribution in [0.3, 0.4) is 0 Å². The summed E-state index contributed by atoms with van der Waals surface area (Å²) in [6.45, 7) is 3.73. The summed E-state index contributed by atoms with van der Waals surface area (Å²) < 4.78 is 13.1. The van der Waals surface area contributed by atoms with E-state index in [9.17, 15) is 14.0 Å². The first kappa shape index (κ1) is 15.1. The number of carboxylic acids is 1. The highest BCUT2D eigenvalue weighted by atomic mass is 19.1. The van der Waals surface area contributed by atoms with Crippen LogP contribution < -0.4 is 5.32 Å². The molecule has 1 aromatic rings. The molecule has 0 aromatic heterocycles. The molecule has 0 heterocycles. The van der Waals surface area contributed by atoms with Crippen molar-refractivity contribution >= 4 is 11.9 Å². The molecule has 0 bridgehead atoms. The molecule has 1 aromatic carbocycles. The lowest BCUT2D eigenvalue weighted by atomic mass is 10.00. The van der Waals surface area contributed by atoms with E-state index in [-0.39, 0.29) is 24.1 Å². The van der Waals surface area contributed by atoms with Gasteiger partial charge in [0.05, 0.1) is 5.92 Å². The molecule has 0 aliphatic carbocycles. The Bertz CT molecular complexity index is 462. The van der Waals surface area contributed by atoms with Gasteiger partial charge in [-0.1, -0.05) is 19.1 Å². The Kier molecular flexibility index (Phi) is 5.48. The average molecular weight is 267 g/mol. The fourth-order valence-corrected chi connectivity index (χ4v) is 1.73. The molecule has 2 unspecified atom stereocenters. The molecule has 0 saturated carbocycles. The fraction of sp³-hybridized carbons (Fsp3) is 0.429. The molecular formula is C14H18FNO3. The van der Waals surface area contributed by atoms with Crippen LogP contribution in [0.15, 0.2) is 24.3 Å². The Morgan fingerprint density at radius 2 is 2.05 bits per heavy atom. The molecule has 1 rings (SSSR count). The van der Waals surface area contributed by atoms with Gasteiger partial charge in [-0.3, -0.25) is 9.59 Å². The third-order valence-electron chi connectivity index (χ3n) is 2.89. The lowest BCUT2D eigenvalue weighted by Gasteiger charge is -2.15. The largest absolute Gasteiger partial charge is 0.481 e. The topological polar surface area (TPSA) is 66.4 Å². The third kappa shape index (κ3) is 5.07. The van der Waals surface area contributed by atoms with Gasteiger partial charge in [0.2, 0.25) is 5.91 Å². The monoisotopic (exact) mass is 267 g/mol. The number of hydrogen-bond acceptors (Lipinski definition) is 2. The van der Waals surface area contributed by atoms with E-state index < -0.39 is 11.9 Å². The van der Waals surface area contributed by atoms with Crippen molar-refractivity contribution in [3.05, 3.63) is 35.6 Å². The SMILES string of the molecule is CC(CNC(=O)C(C)c1cccc(F)c1)CC(=O)O. The van der Waals surface area contributed by atoms with Gasteiger partial charge in [-0.2, -0.15) is 0 Å². The number of rotatable bonds is 6.